The van der Waals surface area contributed by atoms with Crippen molar-refractivity contribution in [2.24, 2.45) is 0 Å². The van der Waals surface area contributed by atoms with Crippen LogP contribution in [0.5, 0.6) is 0 Å². The van der Waals surface area contributed by atoms with Gasteiger partial charge in [-0.15, -0.1) is 0 Å². The summed E-state index contributed by atoms with van der Waals surface area (Å²) in [6.07, 6.45) is 0.888. The third-order valence-electron chi connectivity index (χ3n) is 4.28. The summed E-state index contributed by atoms with van der Waals surface area (Å²) in [6, 6.07) is 10.9. The molecule has 3 rings (SSSR count). The van der Waals surface area contributed by atoms with E-state index in [2.05, 4.69) is 22.3 Å². The topological polar surface area (TPSA) is 32.3 Å². The van der Waals surface area contributed by atoms with Crippen LogP contribution in [0, 0.1) is 11.6 Å². The molecule has 3 nitrogen and oxygen atoms in total. The molecule has 0 bridgehead atoms. The highest BCUT2D eigenvalue weighted by Gasteiger charge is 2.25. The van der Waals surface area contributed by atoms with E-state index < -0.39 is 17.7 Å². The molecule has 23 heavy (non-hydrogen) atoms. The van der Waals surface area contributed by atoms with Crippen molar-refractivity contribution in [1.29, 1.82) is 0 Å². The van der Waals surface area contributed by atoms with Crippen LogP contribution < -0.4 is 5.32 Å². The van der Waals surface area contributed by atoms with Crippen molar-refractivity contribution >= 4 is 11.6 Å². The molecule has 120 valence electrons. The smallest absolute Gasteiger partial charge is 0.241 e. The number of rotatable bonds is 3. The van der Waals surface area contributed by atoms with Crippen molar-refractivity contribution in [1.82, 2.24) is 4.90 Å². The zero-order valence-corrected chi connectivity index (χ0v) is 12.9. The van der Waals surface area contributed by atoms with E-state index in [0.717, 1.165) is 25.1 Å². The van der Waals surface area contributed by atoms with Crippen LogP contribution >= 0.6 is 0 Å². The van der Waals surface area contributed by atoms with Crippen molar-refractivity contribution in [3.8, 4) is 0 Å². The Morgan fingerprint density at radius 1 is 1.17 bits per heavy atom. The highest BCUT2D eigenvalue weighted by atomic mass is 19.1. The van der Waals surface area contributed by atoms with Crippen LogP contribution in [-0.4, -0.2) is 23.4 Å². The van der Waals surface area contributed by atoms with Crippen LogP contribution in [0.1, 0.15) is 18.1 Å². The molecule has 1 aliphatic heterocycles. The van der Waals surface area contributed by atoms with E-state index in [1.165, 1.54) is 17.2 Å². The summed E-state index contributed by atoms with van der Waals surface area (Å²) in [4.78, 5) is 14.4. The number of halogens is 2. The lowest BCUT2D eigenvalue weighted by Gasteiger charge is -2.32. The average molecular weight is 316 g/mol. The minimum absolute atomic E-state index is 0.000611. The maximum absolute atomic E-state index is 13.6. The molecule has 1 aliphatic rings. The second kappa shape index (κ2) is 6.46. The number of hydrogen-bond acceptors (Lipinski definition) is 2. The largest absolute Gasteiger partial charge is 0.322 e. The predicted molar refractivity (Wildman–Crippen MR) is 85.0 cm³/mol. The van der Waals surface area contributed by atoms with E-state index in [0.29, 0.717) is 6.54 Å². The van der Waals surface area contributed by atoms with Gasteiger partial charge in [0.2, 0.25) is 5.91 Å². The van der Waals surface area contributed by atoms with Gasteiger partial charge in [-0.25, -0.2) is 8.78 Å². The zero-order valence-electron chi connectivity index (χ0n) is 12.9. The van der Waals surface area contributed by atoms with Crippen molar-refractivity contribution in [3.05, 3.63) is 65.2 Å². The van der Waals surface area contributed by atoms with E-state index in [4.69, 9.17) is 0 Å². The summed E-state index contributed by atoms with van der Waals surface area (Å²) < 4.78 is 26.6. The highest BCUT2D eigenvalue weighted by molar-refractivity contribution is 5.94. The summed E-state index contributed by atoms with van der Waals surface area (Å²) in [7, 11) is 0. The van der Waals surface area contributed by atoms with Gasteiger partial charge < -0.3 is 5.32 Å². The molecule has 0 aliphatic carbocycles. The second-order valence-electron chi connectivity index (χ2n) is 5.78. The minimum atomic E-state index is -0.769. The van der Waals surface area contributed by atoms with Gasteiger partial charge in [-0.05, 0) is 36.6 Å². The first-order valence-corrected chi connectivity index (χ1v) is 7.61. The number of nitrogens with zero attached hydrogens (tertiary/aromatic N) is 1. The number of carbonyl (C=O) groups excluding carboxylic acids is 1. The van der Waals surface area contributed by atoms with Crippen molar-refractivity contribution < 1.29 is 13.6 Å². The van der Waals surface area contributed by atoms with Gasteiger partial charge >= 0.3 is 0 Å². The summed E-state index contributed by atoms with van der Waals surface area (Å²) in [5.74, 6) is -1.73. The maximum atomic E-state index is 13.6. The molecule has 0 spiro atoms. The lowest BCUT2D eigenvalue weighted by Crippen LogP contribution is -2.44. The van der Waals surface area contributed by atoms with E-state index >= 15 is 0 Å². The van der Waals surface area contributed by atoms with E-state index in [9.17, 15) is 13.6 Å². The Kier molecular flexibility index (Phi) is 4.39. The molecule has 0 radical (unpaired) electrons. The Bertz CT molecular complexity index is 733. The van der Waals surface area contributed by atoms with E-state index in [-0.39, 0.29) is 11.6 Å². The van der Waals surface area contributed by atoms with Crippen LogP contribution in [0.4, 0.5) is 14.5 Å². The first kappa shape index (κ1) is 15.6. The molecular weight excluding hydrogens is 298 g/mol. The number of hydrogen-bond donors (Lipinski definition) is 1. The van der Waals surface area contributed by atoms with Gasteiger partial charge in [0.25, 0.3) is 0 Å². The molecule has 0 saturated heterocycles. The molecule has 1 N–H and O–H groups in total. The molecule has 5 heteroatoms. The van der Waals surface area contributed by atoms with Crippen LogP contribution in [0.25, 0.3) is 0 Å². The second-order valence-corrected chi connectivity index (χ2v) is 5.78. The van der Waals surface area contributed by atoms with Crippen molar-refractivity contribution in [2.75, 3.05) is 11.9 Å². The number of benzene rings is 2. The molecule has 0 saturated carbocycles. The quantitative estimate of drug-likeness (QED) is 0.942. The van der Waals surface area contributed by atoms with Crippen LogP contribution in [-0.2, 0) is 17.8 Å². The summed E-state index contributed by atoms with van der Waals surface area (Å²) in [6.45, 7) is 3.26. The van der Waals surface area contributed by atoms with Crippen LogP contribution in [0.15, 0.2) is 42.5 Å². The third-order valence-corrected chi connectivity index (χ3v) is 4.28. The monoisotopic (exact) mass is 316 g/mol. The fourth-order valence-electron chi connectivity index (χ4n) is 2.84. The molecule has 0 unspecified atom stereocenters. The zero-order chi connectivity index (χ0) is 16.4. The SMILES string of the molecule is C[C@H](C(=O)Nc1ccc(F)cc1F)N1CCc2ccccc2C1. The first-order chi connectivity index (χ1) is 11.0. The third kappa shape index (κ3) is 3.40. The van der Waals surface area contributed by atoms with E-state index in [1.807, 2.05) is 12.1 Å². The first-order valence-electron chi connectivity index (χ1n) is 7.61. The standard InChI is InChI=1S/C18H18F2N2O/c1-12(18(23)21-17-7-6-15(19)10-16(17)20)22-9-8-13-4-2-3-5-14(13)11-22/h2-7,10,12H,8-9,11H2,1H3,(H,21,23)/t12-/m1/s1. The van der Waals surface area contributed by atoms with Gasteiger partial charge in [-0.2, -0.15) is 0 Å². The Labute approximate surface area is 133 Å². The molecule has 1 amide bonds. The molecule has 0 fully saturated rings. The van der Waals surface area contributed by atoms with Crippen LogP contribution in [0.2, 0.25) is 0 Å². The van der Waals surface area contributed by atoms with Gasteiger partial charge in [0.05, 0.1) is 11.7 Å². The lowest BCUT2D eigenvalue weighted by atomic mass is 9.99. The minimum Gasteiger partial charge on any atom is -0.322 e. The number of anilines is 1. The van der Waals surface area contributed by atoms with Gasteiger partial charge in [-0.1, -0.05) is 24.3 Å². The van der Waals surface area contributed by atoms with Gasteiger partial charge in [-0.3, -0.25) is 9.69 Å². The fourth-order valence-corrected chi connectivity index (χ4v) is 2.84. The number of carbonyl (C=O) groups is 1. The Balaban J connectivity index is 1.68. The molecule has 1 atom stereocenters. The van der Waals surface area contributed by atoms with Gasteiger partial charge in [0, 0.05) is 19.2 Å². The molecule has 2 aromatic carbocycles. The maximum Gasteiger partial charge on any atom is 0.241 e. The van der Waals surface area contributed by atoms with Crippen molar-refractivity contribution in [3.63, 3.8) is 0 Å². The molecule has 2 aromatic rings. The lowest BCUT2D eigenvalue weighted by molar-refractivity contribution is -0.121. The summed E-state index contributed by atoms with van der Waals surface area (Å²) in [5, 5.41) is 2.54. The summed E-state index contributed by atoms with van der Waals surface area (Å²) in [5.41, 5.74) is 2.52. The molecular formula is C18H18F2N2O. The van der Waals surface area contributed by atoms with Gasteiger partial charge in [0.15, 0.2) is 0 Å². The Morgan fingerprint density at radius 3 is 2.65 bits per heavy atom. The van der Waals surface area contributed by atoms with E-state index in [1.54, 1.807) is 6.92 Å². The van der Waals surface area contributed by atoms with Crippen LogP contribution in [0.3, 0.4) is 0 Å². The predicted octanol–water partition coefficient (Wildman–Crippen LogP) is 3.35. The molecule has 0 aromatic heterocycles. The Morgan fingerprint density at radius 2 is 1.91 bits per heavy atom. The molecule has 1 heterocycles. The fraction of sp³-hybridized carbons (Fsp3) is 0.278. The number of nitrogens with one attached hydrogen (secondary N) is 1. The number of amides is 1. The summed E-state index contributed by atoms with van der Waals surface area (Å²) >= 11 is 0. The van der Waals surface area contributed by atoms with Gasteiger partial charge in [0.1, 0.15) is 11.6 Å². The number of fused-ring (bicyclic) bond motifs is 1. The normalized spacial score (nSPS) is 15.8. The van der Waals surface area contributed by atoms with Crippen molar-refractivity contribution in [2.45, 2.75) is 25.9 Å². The average Bonchev–Trinajstić information content (AvgIpc) is 2.56. The Hall–Kier alpha value is -2.27. The highest BCUT2D eigenvalue weighted by Crippen LogP contribution is 2.21.